The topological polar surface area (TPSA) is 59.2 Å². The maximum atomic E-state index is 11.8. The van der Waals surface area contributed by atoms with Crippen LogP contribution in [0.25, 0.3) is 0 Å². The highest BCUT2D eigenvalue weighted by Gasteiger charge is 2.24. The van der Waals surface area contributed by atoms with Crippen LogP contribution in [0, 0.1) is 0 Å². The van der Waals surface area contributed by atoms with E-state index in [1.807, 2.05) is 0 Å². The van der Waals surface area contributed by atoms with Crippen LogP contribution in [0.5, 0.6) is 0 Å². The first-order valence-corrected chi connectivity index (χ1v) is 4.72. The largest absolute Gasteiger partial charge is 0.337 e. The van der Waals surface area contributed by atoms with Gasteiger partial charge in [-0.25, -0.2) is 0 Å². The van der Waals surface area contributed by atoms with Crippen molar-refractivity contribution in [2.45, 2.75) is 12.5 Å². The monoisotopic (exact) mass is 191 g/mol. The van der Waals surface area contributed by atoms with Gasteiger partial charge >= 0.3 is 0 Å². The Balaban J connectivity index is 2.10. The van der Waals surface area contributed by atoms with Gasteiger partial charge < -0.3 is 10.6 Å². The Morgan fingerprint density at radius 1 is 1.50 bits per heavy atom. The number of carbonyl (C=O) groups excluding carboxylic acids is 1. The van der Waals surface area contributed by atoms with Crippen LogP contribution in [0.4, 0.5) is 0 Å². The van der Waals surface area contributed by atoms with Crippen LogP contribution in [-0.2, 0) is 0 Å². The summed E-state index contributed by atoms with van der Waals surface area (Å²) in [6.45, 7) is 1.43. The molecule has 4 heteroatoms. The molecule has 1 aromatic heterocycles. The van der Waals surface area contributed by atoms with Gasteiger partial charge in [0.05, 0.1) is 0 Å². The van der Waals surface area contributed by atoms with Gasteiger partial charge in [-0.05, 0) is 18.6 Å². The smallest absolute Gasteiger partial charge is 0.254 e. The summed E-state index contributed by atoms with van der Waals surface area (Å²) in [4.78, 5) is 17.5. The second kappa shape index (κ2) is 3.75. The summed E-state index contributed by atoms with van der Waals surface area (Å²) in [6.07, 6.45) is 4.16. The first-order chi connectivity index (χ1) is 6.77. The molecule has 1 amide bonds. The normalized spacial score (nSPS) is 21.2. The Morgan fingerprint density at radius 3 is 2.79 bits per heavy atom. The average molecular weight is 191 g/mol. The first-order valence-electron chi connectivity index (χ1n) is 4.72. The third-order valence-corrected chi connectivity index (χ3v) is 2.44. The van der Waals surface area contributed by atoms with E-state index >= 15 is 0 Å². The molecule has 1 fully saturated rings. The number of nitrogens with zero attached hydrogens (tertiary/aromatic N) is 2. The molecule has 1 aliphatic heterocycles. The molecule has 0 saturated carbocycles. The molecule has 0 aliphatic carbocycles. The number of aromatic nitrogens is 1. The van der Waals surface area contributed by atoms with Crippen molar-refractivity contribution < 1.29 is 4.79 Å². The molecule has 2 heterocycles. The van der Waals surface area contributed by atoms with Crippen LogP contribution in [-0.4, -0.2) is 34.9 Å². The maximum Gasteiger partial charge on any atom is 0.254 e. The molecule has 0 spiro atoms. The van der Waals surface area contributed by atoms with E-state index in [1.54, 1.807) is 29.4 Å². The second-order valence-corrected chi connectivity index (χ2v) is 3.54. The molecule has 1 saturated heterocycles. The Kier molecular flexibility index (Phi) is 2.45. The predicted molar refractivity (Wildman–Crippen MR) is 52.7 cm³/mol. The molecular formula is C10H13N3O. The minimum Gasteiger partial charge on any atom is -0.337 e. The molecule has 0 unspecified atom stereocenters. The average Bonchev–Trinajstić information content (AvgIpc) is 2.65. The lowest BCUT2D eigenvalue weighted by atomic mass is 10.2. The Bertz CT molecular complexity index is 325. The number of hydrogen-bond donors (Lipinski definition) is 1. The van der Waals surface area contributed by atoms with Crippen molar-refractivity contribution in [2.75, 3.05) is 13.1 Å². The predicted octanol–water partition coefficient (Wildman–Crippen LogP) is 0.255. The lowest BCUT2D eigenvalue weighted by Crippen LogP contribution is -2.31. The van der Waals surface area contributed by atoms with Crippen molar-refractivity contribution in [3.63, 3.8) is 0 Å². The molecule has 4 nitrogen and oxygen atoms in total. The Hall–Kier alpha value is -1.42. The number of carbonyl (C=O) groups is 1. The fourth-order valence-electron chi connectivity index (χ4n) is 1.65. The van der Waals surface area contributed by atoms with Gasteiger partial charge in [-0.15, -0.1) is 0 Å². The zero-order valence-corrected chi connectivity index (χ0v) is 7.89. The Labute approximate surface area is 82.7 Å². The van der Waals surface area contributed by atoms with Crippen molar-refractivity contribution >= 4 is 5.91 Å². The second-order valence-electron chi connectivity index (χ2n) is 3.54. The molecule has 14 heavy (non-hydrogen) atoms. The van der Waals surface area contributed by atoms with Crippen LogP contribution in [0.1, 0.15) is 16.8 Å². The van der Waals surface area contributed by atoms with Gasteiger partial charge in [0, 0.05) is 37.1 Å². The molecule has 2 rings (SSSR count). The first kappa shape index (κ1) is 9.15. The summed E-state index contributed by atoms with van der Waals surface area (Å²) in [7, 11) is 0. The molecule has 2 N–H and O–H groups in total. The van der Waals surface area contributed by atoms with Crippen LogP contribution in [0.3, 0.4) is 0 Å². The van der Waals surface area contributed by atoms with Gasteiger partial charge in [0.15, 0.2) is 0 Å². The quantitative estimate of drug-likeness (QED) is 0.692. The summed E-state index contributed by atoms with van der Waals surface area (Å²) in [6, 6.07) is 3.60. The fraction of sp³-hybridized carbons (Fsp3) is 0.400. The fourth-order valence-corrected chi connectivity index (χ4v) is 1.65. The molecule has 0 bridgehead atoms. The van der Waals surface area contributed by atoms with Crippen molar-refractivity contribution in [1.29, 1.82) is 0 Å². The van der Waals surface area contributed by atoms with Crippen LogP contribution >= 0.6 is 0 Å². The minimum absolute atomic E-state index is 0.0559. The van der Waals surface area contributed by atoms with Crippen molar-refractivity contribution in [2.24, 2.45) is 5.73 Å². The van der Waals surface area contributed by atoms with Crippen LogP contribution in [0.15, 0.2) is 24.5 Å². The molecule has 1 aromatic rings. The van der Waals surface area contributed by atoms with E-state index in [1.165, 1.54) is 0 Å². The van der Waals surface area contributed by atoms with Crippen molar-refractivity contribution in [1.82, 2.24) is 9.88 Å². The summed E-state index contributed by atoms with van der Waals surface area (Å²) in [5.74, 6) is 0.0559. The number of nitrogens with two attached hydrogens (primary N) is 1. The van der Waals surface area contributed by atoms with E-state index in [4.69, 9.17) is 5.73 Å². The van der Waals surface area contributed by atoms with Crippen LogP contribution in [0.2, 0.25) is 0 Å². The maximum absolute atomic E-state index is 11.8. The number of rotatable bonds is 1. The molecule has 1 atom stereocenters. The molecular weight excluding hydrogens is 178 g/mol. The van der Waals surface area contributed by atoms with Gasteiger partial charge in [0.1, 0.15) is 0 Å². The van der Waals surface area contributed by atoms with Gasteiger partial charge in [0.25, 0.3) is 5.91 Å². The van der Waals surface area contributed by atoms with E-state index in [-0.39, 0.29) is 11.9 Å². The summed E-state index contributed by atoms with van der Waals surface area (Å²) < 4.78 is 0. The number of likely N-dealkylation sites (tertiary alicyclic amines) is 1. The summed E-state index contributed by atoms with van der Waals surface area (Å²) >= 11 is 0. The highest BCUT2D eigenvalue weighted by molar-refractivity contribution is 5.94. The third-order valence-electron chi connectivity index (χ3n) is 2.44. The van der Waals surface area contributed by atoms with Crippen molar-refractivity contribution in [3.05, 3.63) is 30.1 Å². The lowest BCUT2D eigenvalue weighted by molar-refractivity contribution is 0.0791. The SMILES string of the molecule is N[C@@H]1CCN(C(=O)c2ccncc2)C1. The summed E-state index contributed by atoms with van der Waals surface area (Å²) in [5, 5.41) is 0. The lowest BCUT2D eigenvalue weighted by Gasteiger charge is -2.15. The number of amides is 1. The Morgan fingerprint density at radius 2 is 2.21 bits per heavy atom. The standard InChI is InChI=1S/C10H13N3O/c11-9-3-6-13(7-9)10(14)8-1-4-12-5-2-8/h1-2,4-5,9H,3,6-7,11H2/t9-/m1/s1. The van der Waals surface area contributed by atoms with Crippen LogP contribution < -0.4 is 5.73 Å². The third kappa shape index (κ3) is 1.75. The highest BCUT2D eigenvalue weighted by Crippen LogP contribution is 2.11. The van der Waals surface area contributed by atoms with Crippen molar-refractivity contribution in [3.8, 4) is 0 Å². The van der Waals surface area contributed by atoms with Gasteiger partial charge in [-0.1, -0.05) is 0 Å². The number of pyridine rings is 1. The van der Waals surface area contributed by atoms with E-state index in [9.17, 15) is 4.79 Å². The van der Waals surface area contributed by atoms with Gasteiger partial charge in [-0.2, -0.15) is 0 Å². The molecule has 0 aromatic carbocycles. The van der Waals surface area contributed by atoms with E-state index in [2.05, 4.69) is 4.98 Å². The van der Waals surface area contributed by atoms with Gasteiger partial charge in [-0.3, -0.25) is 9.78 Å². The highest BCUT2D eigenvalue weighted by atomic mass is 16.2. The minimum atomic E-state index is 0.0559. The molecule has 1 aliphatic rings. The summed E-state index contributed by atoms with van der Waals surface area (Å²) in [5.41, 5.74) is 6.42. The van der Waals surface area contributed by atoms with E-state index in [0.29, 0.717) is 12.1 Å². The molecule has 0 radical (unpaired) electrons. The van der Waals surface area contributed by atoms with Gasteiger partial charge in [0.2, 0.25) is 0 Å². The number of hydrogen-bond acceptors (Lipinski definition) is 3. The zero-order chi connectivity index (χ0) is 9.97. The van der Waals surface area contributed by atoms with E-state index < -0.39 is 0 Å². The zero-order valence-electron chi connectivity index (χ0n) is 7.89. The molecule has 74 valence electrons. The van der Waals surface area contributed by atoms with E-state index in [0.717, 1.165) is 13.0 Å².